The number of thiazole rings is 1. The van der Waals surface area contributed by atoms with Crippen LogP contribution in [0.2, 0.25) is 0 Å². The minimum absolute atomic E-state index is 0.0387. The van der Waals surface area contributed by atoms with Gasteiger partial charge in [0, 0.05) is 11.9 Å². The summed E-state index contributed by atoms with van der Waals surface area (Å²) < 4.78 is 5.44. The van der Waals surface area contributed by atoms with E-state index in [1.807, 2.05) is 26.2 Å². The maximum Gasteiger partial charge on any atom is 0.410 e. The van der Waals surface area contributed by atoms with Crippen molar-refractivity contribution in [2.75, 3.05) is 6.54 Å². The Morgan fingerprint density at radius 1 is 1.63 bits per heavy atom. The first-order chi connectivity index (χ1) is 8.90. The first kappa shape index (κ1) is 14.6. The first-order valence-corrected chi connectivity index (χ1v) is 7.82. The number of likely N-dealkylation sites (tertiary alicyclic amines) is 1. The zero-order valence-corrected chi connectivity index (χ0v) is 13.1. The Bertz CT molecular complexity index is 456. The summed E-state index contributed by atoms with van der Waals surface area (Å²) in [6.07, 6.45) is 1.67. The molecule has 2 rings (SSSR count). The van der Waals surface area contributed by atoms with Crippen LogP contribution >= 0.6 is 22.9 Å². The minimum Gasteiger partial charge on any atom is -0.444 e. The van der Waals surface area contributed by atoms with Crippen LogP contribution in [0.25, 0.3) is 0 Å². The standard InChI is InChI=1S/C13H19ClN2O2S/c1-13(2,3)18-12(17)16-6-4-5-10(16)11-15-9(7-14)8-19-11/h8,10H,4-7H2,1-3H3. The van der Waals surface area contributed by atoms with Gasteiger partial charge in [-0.3, -0.25) is 4.90 Å². The van der Waals surface area contributed by atoms with Crippen molar-refractivity contribution in [2.24, 2.45) is 0 Å². The molecule has 0 bridgehead atoms. The number of ether oxygens (including phenoxy) is 1. The smallest absolute Gasteiger partial charge is 0.410 e. The Morgan fingerprint density at radius 3 is 2.95 bits per heavy atom. The van der Waals surface area contributed by atoms with Crippen LogP contribution in [0.4, 0.5) is 4.79 Å². The third kappa shape index (κ3) is 3.60. The maximum atomic E-state index is 12.2. The number of carbonyl (C=O) groups excluding carboxylic acids is 1. The van der Waals surface area contributed by atoms with Gasteiger partial charge in [-0.2, -0.15) is 0 Å². The predicted molar refractivity (Wildman–Crippen MR) is 76.6 cm³/mol. The molecule has 1 aromatic rings. The number of nitrogens with zero attached hydrogens (tertiary/aromatic N) is 2. The van der Waals surface area contributed by atoms with E-state index in [1.165, 1.54) is 0 Å². The van der Waals surface area contributed by atoms with Crippen LogP contribution in [-0.4, -0.2) is 28.1 Å². The molecular weight excluding hydrogens is 284 g/mol. The maximum absolute atomic E-state index is 12.2. The van der Waals surface area contributed by atoms with E-state index < -0.39 is 5.60 Å². The summed E-state index contributed by atoms with van der Waals surface area (Å²) in [5.41, 5.74) is 0.409. The molecule has 6 heteroatoms. The molecule has 1 atom stereocenters. The fourth-order valence-corrected chi connectivity index (χ4v) is 3.29. The highest BCUT2D eigenvalue weighted by Crippen LogP contribution is 2.34. The topological polar surface area (TPSA) is 42.4 Å². The second kappa shape index (κ2) is 5.67. The molecule has 0 radical (unpaired) electrons. The Hall–Kier alpha value is -0.810. The predicted octanol–water partition coefficient (Wildman–Crippen LogP) is 3.95. The number of halogens is 1. The highest BCUT2D eigenvalue weighted by Gasteiger charge is 2.34. The van der Waals surface area contributed by atoms with E-state index in [0.29, 0.717) is 5.88 Å². The van der Waals surface area contributed by atoms with Gasteiger partial charge in [-0.05, 0) is 33.6 Å². The minimum atomic E-state index is -0.464. The average Bonchev–Trinajstić information content (AvgIpc) is 2.95. The number of amides is 1. The largest absolute Gasteiger partial charge is 0.444 e. The highest BCUT2D eigenvalue weighted by molar-refractivity contribution is 7.09. The van der Waals surface area contributed by atoms with E-state index in [0.717, 1.165) is 30.1 Å². The Balaban J connectivity index is 2.10. The van der Waals surface area contributed by atoms with E-state index in [9.17, 15) is 4.79 Å². The Labute approximate surface area is 122 Å². The lowest BCUT2D eigenvalue weighted by Crippen LogP contribution is -2.36. The molecule has 1 aliphatic rings. The van der Waals surface area contributed by atoms with Crippen LogP contribution in [0.5, 0.6) is 0 Å². The lowest BCUT2D eigenvalue weighted by molar-refractivity contribution is 0.0224. The molecular formula is C13H19ClN2O2S. The Morgan fingerprint density at radius 2 is 2.37 bits per heavy atom. The molecule has 4 nitrogen and oxygen atoms in total. The summed E-state index contributed by atoms with van der Waals surface area (Å²) >= 11 is 7.34. The molecule has 106 valence electrons. The first-order valence-electron chi connectivity index (χ1n) is 6.40. The van der Waals surface area contributed by atoms with E-state index in [2.05, 4.69) is 4.98 Å². The second-order valence-electron chi connectivity index (χ2n) is 5.64. The number of hydrogen-bond donors (Lipinski definition) is 0. The molecule has 2 heterocycles. The fraction of sp³-hybridized carbons (Fsp3) is 0.692. The molecule has 1 saturated heterocycles. The van der Waals surface area contributed by atoms with Crippen molar-refractivity contribution < 1.29 is 9.53 Å². The van der Waals surface area contributed by atoms with Crippen molar-refractivity contribution >= 4 is 29.0 Å². The zero-order chi connectivity index (χ0) is 14.0. The van der Waals surface area contributed by atoms with Crippen LogP contribution in [0, 0.1) is 0 Å². The summed E-state index contributed by atoms with van der Waals surface area (Å²) in [7, 11) is 0. The number of hydrogen-bond acceptors (Lipinski definition) is 4. The van der Waals surface area contributed by atoms with Gasteiger partial charge in [-0.25, -0.2) is 9.78 Å². The third-order valence-corrected chi connectivity index (χ3v) is 4.14. The van der Waals surface area contributed by atoms with Gasteiger partial charge in [0.25, 0.3) is 0 Å². The molecule has 0 N–H and O–H groups in total. The van der Waals surface area contributed by atoms with Gasteiger partial charge in [0.2, 0.25) is 0 Å². The van der Waals surface area contributed by atoms with Crippen molar-refractivity contribution in [1.82, 2.24) is 9.88 Å². The van der Waals surface area contributed by atoms with Gasteiger partial charge in [-0.15, -0.1) is 22.9 Å². The van der Waals surface area contributed by atoms with Crippen LogP contribution in [-0.2, 0) is 10.6 Å². The molecule has 0 saturated carbocycles. The average molecular weight is 303 g/mol. The summed E-state index contributed by atoms with van der Waals surface area (Å²) in [4.78, 5) is 18.4. The lowest BCUT2D eigenvalue weighted by atomic mass is 10.2. The van der Waals surface area contributed by atoms with Crippen LogP contribution < -0.4 is 0 Å². The molecule has 1 fully saturated rings. The van der Waals surface area contributed by atoms with Gasteiger partial charge in [-0.1, -0.05) is 0 Å². The van der Waals surface area contributed by atoms with Crippen LogP contribution in [0.15, 0.2) is 5.38 Å². The summed E-state index contributed by atoms with van der Waals surface area (Å²) in [5, 5.41) is 2.91. The van der Waals surface area contributed by atoms with Crippen LogP contribution in [0.3, 0.4) is 0 Å². The van der Waals surface area contributed by atoms with Crippen molar-refractivity contribution in [2.45, 2.75) is 51.1 Å². The summed E-state index contributed by atoms with van der Waals surface area (Å²) in [5.74, 6) is 0.412. The number of carbonyl (C=O) groups is 1. The summed E-state index contributed by atoms with van der Waals surface area (Å²) in [6.45, 7) is 6.37. The highest BCUT2D eigenvalue weighted by atomic mass is 35.5. The molecule has 1 amide bonds. The van der Waals surface area contributed by atoms with Crippen molar-refractivity contribution in [1.29, 1.82) is 0 Å². The van der Waals surface area contributed by atoms with E-state index in [4.69, 9.17) is 16.3 Å². The molecule has 0 aromatic carbocycles. The summed E-state index contributed by atoms with van der Waals surface area (Å²) in [6, 6.07) is 0.0387. The zero-order valence-electron chi connectivity index (χ0n) is 11.5. The molecule has 0 aliphatic carbocycles. The van der Waals surface area contributed by atoms with Crippen molar-refractivity contribution in [3.8, 4) is 0 Å². The number of rotatable bonds is 2. The molecule has 1 unspecified atom stereocenters. The van der Waals surface area contributed by atoms with Gasteiger partial charge < -0.3 is 4.74 Å². The SMILES string of the molecule is CC(C)(C)OC(=O)N1CCCC1c1nc(CCl)cs1. The van der Waals surface area contributed by atoms with Gasteiger partial charge in [0.05, 0.1) is 17.6 Å². The number of aromatic nitrogens is 1. The quantitative estimate of drug-likeness (QED) is 0.777. The molecule has 19 heavy (non-hydrogen) atoms. The van der Waals surface area contributed by atoms with Gasteiger partial charge in [0.1, 0.15) is 10.6 Å². The number of alkyl halides is 1. The second-order valence-corrected chi connectivity index (χ2v) is 6.80. The van der Waals surface area contributed by atoms with E-state index in [-0.39, 0.29) is 12.1 Å². The van der Waals surface area contributed by atoms with E-state index in [1.54, 1.807) is 16.2 Å². The fourth-order valence-electron chi connectivity index (χ4n) is 2.10. The van der Waals surface area contributed by atoms with E-state index >= 15 is 0 Å². The molecule has 1 aliphatic heterocycles. The lowest BCUT2D eigenvalue weighted by Gasteiger charge is -2.27. The Kier molecular flexibility index (Phi) is 4.36. The normalized spacial score (nSPS) is 19.8. The van der Waals surface area contributed by atoms with Crippen molar-refractivity contribution in [3.05, 3.63) is 16.1 Å². The van der Waals surface area contributed by atoms with Gasteiger partial charge in [0.15, 0.2) is 0 Å². The van der Waals surface area contributed by atoms with Crippen molar-refractivity contribution in [3.63, 3.8) is 0 Å². The third-order valence-electron chi connectivity index (χ3n) is 2.87. The van der Waals surface area contributed by atoms with Crippen LogP contribution in [0.1, 0.15) is 50.4 Å². The monoisotopic (exact) mass is 302 g/mol. The van der Waals surface area contributed by atoms with Gasteiger partial charge >= 0.3 is 6.09 Å². The molecule has 0 spiro atoms. The molecule has 1 aromatic heterocycles.